The molecule has 1 heterocycles. The molecule has 0 bridgehead atoms. The third-order valence-corrected chi connectivity index (χ3v) is 5.41. The van der Waals surface area contributed by atoms with Crippen LogP contribution in [-0.4, -0.2) is 37.5 Å². The van der Waals surface area contributed by atoms with E-state index < -0.39 is 0 Å². The highest BCUT2D eigenvalue weighted by molar-refractivity contribution is 5.95. The Morgan fingerprint density at radius 2 is 1.52 bits per heavy atom. The zero-order chi connectivity index (χ0) is 18.9. The number of para-hydroxylation sites is 1. The van der Waals surface area contributed by atoms with Crippen molar-refractivity contribution in [1.82, 2.24) is 4.90 Å². The highest BCUT2D eigenvalue weighted by Gasteiger charge is 2.32. The van der Waals surface area contributed by atoms with Crippen molar-refractivity contribution in [3.05, 3.63) is 66.2 Å². The highest BCUT2D eigenvalue weighted by atomic mass is 16.2. The first-order valence-corrected chi connectivity index (χ1v) is 10.3. The van der Waals surface area contributed by atoms with Gasteiger partial charge in [0.2, 0.25) is 5.91 Å². The lowest BCUT2D eigenvalue weighted by Gasteiger charge is -2.26. The number of amides is 1. The first-order valence-electron chi connectivity index (χ1n) is 10.3. The second-order valence-corrected chi connectivity index (χ2v) is 7.64. The molecule has 2 aliphatic rings. The molecule has 2 aromatic rings. The van der Waals surface area contributed by atoms with E-state index in [2.05, 4.69) is 35.2 Å². The van der Waals surface area contributed by atoms with E-state index in [-0.39, 0.29) is 5.91 Å². The van der Waals surface area contributed by atoms with Crippen LogP contribution in [0.5, 0.6) is 0 Å². The summed E-state index contributed by atoms with van der Waals surface area (Å²) < 4.78 is 0. The molecule has 4 rings (SSSR count). The molecule has 1 saturated heterocycles. The number of anilines is 1. The molecular formula is C24H32N2O. The predicted molar refractivity (Wildman–Crippen MR) is 113 cm³/mol. The van der Waals surface area contributed by atoms with Crippen LogP contribution in [0, 0.1) is 5.92 Å². The van der Waals surface area contributed by atoms with Crippen LogP contribution in [0.25, 0.3) is 0 Å². The van der Waals surface area contributed by atoms with Crippen LogP contribution in [0.2, 0.25) is 0 Å². The summed E-state index contributed by atoms with van der Waals surface area (Å²) in [4.78, 5) is 16.0. The molecule has 1 aliphatic heterocycles. The Hall–Kier alpha value is -2.13. The van der Waals surface area contributed by atoms with E-state index in [1.165, 1.54) is 50.9 Å². The Labute approximate surface area is 164 Å². The van der Waals surface area contributed by atoms with E-state index in [1.54, 1.807) is 4.90 Å². The molecule has 27 heavy (non-hydrogen) atoms. The molecule has 144 valence electrons. The molecule has 1 saturated carbocycles. The number of piperidine rings is 1. The number of hydrogen-bond acceptors (Lipinski definition) is 2. The summed E-state index contributed by atoms with van der Waals surface area (Å²) in [7, 11) is 1.84. The lowest BCUT2D eigenvalue weighted by atomic mass is 10.1. The molecule has 1 amide bonds. The summed E-state index contributed by atoms with van der Waals surface area (Å²) in [5, 5.41) is 0. The standard InChI is InChI=1S/C13H19N.C11H13NO/c1-3-7-13(8-4-1)9-12-14-10-5-2-6-11-14;1-12(11(13)9-7-8-9)10-5-3-2-4-6-10/h1,3-4,7-8H,2,5-6,9-12H2;2-6,9H,7-8H2,1H3. The quantitative estimate of drug-likeness (QED) is 0.763. The maximum Gasteiger partial charge on any atom is 0.229 e. The van der Waals surface area contributed by atoms with Gasteiger partial charge in [0.25, 0.3) is 0 Å². The normalized spacial score (nSPS) is 16.9. The summed E-state index contributed by atoms with van der Waals surface area (Å²) in [6.07, 6.45) is 7.57. The van der Waals surface area contributed by atoms with Crippen molar-refractivity contribution in [2.45, 2.75) is 38.5 Å². The molecule has 2 aromatic carbocycles. The van der Waals surface area contributed by atoms with Gasteiger partial charge in [-0.25, -0.2) is 0 Å². The second-order valence-electron chi connectivity index (χ2n) is 7.64. The average Bonchev–Trinajstić information content (AvgIpc) is 3.59. The van der Waals surface area contributed by atoms with Crippen molar-refractivity contribution in [3.63, 3.8) is 0 Å². The fourth-order valence-corrected chi connectivity index (χ4v) is 3.50. The van der Waals surface area contributed by atoms with Crippen LogP contribution in [0.15, 0.2) is 60.7 Å². The molecule has 0 N–H and O–H groups in total. The molecule has 0 aromatic heterocycles. The first kappa shape index (κ1) is 19.6. The minimum Gasteiger partial charge on any atom is -0.315 e. The van der Waals surface area contributed by atoms with E-state index in [0.29, 0.717) is 5.92 Å². The van der Waals surface area contributed by atoms with Gasteiger partial charge >= 0.3 is 0 Å². The van der Waals surface area contributed by atoms with Gasteiger partial charge in [-0.1, -0.05) is 55.0 Å². The Kier molecular flexibility index (Phi) is 7.46. The summed E-state index contributed by atoms with van der Waals surface area (Å²) in [5.74, 6) is 0.552. The van der Waals surface area contributed by atoms with Gasteiger partial charge in [-0.15, -0.1) is 0 Å². The summed E-state index contributed by atoms with van der Waals surface area (Å²) in [6, 6.07) is 20.6. The number of rotatable bonds is 5. The Morgan fingerprint density at radius 1 is 0.926 bits per heavy atom. The van der Waals surface area contributed by atoms with Crippen molar-refractivity contribution < 1.29 is 4.79 Å². The zero-order valence-electron chi connectivity index (χ0n) is 16.5. The zero-order valence-corrected chi connectivity index (χ0v) is 16.5. The van der Waals surface area contributed by atoms with Gasteiger partial charge in [-0.2, -0.15) is 0 Å². The van der Waals surface area contributed by atoms with Gasteiger partial charge in [0.15, 0.2) is 0 Å². The van der Waals surface area contributed by atoms with Crippen LogP contribution in [0.4, 0.5) is 5.69 Å². The van der Waals surface area contributed by atoms with Gasteiger partial charge in [0.05, 0.1) is 0 Å². The maximum atomic E-state index is 11.6. The minimum absolute atomic E-state index is 0.256. The Morgan fingerprint density at radius 3 is 2.11 bits per heavy atom. The molecule has 2 fully saturated rings. The van der Waals surface area contributed by atoms with Crippen LogP contribution in [0.3, 0.4) is 0 Å². The van der Waals surface area contributed by atoms with Crippen LogP contribution >= 0.6 is 0 Å². The van der Waals surface area contributed by atoms with Crippen LogP contribution in [0.1, 0.15) is 37.7 Å². The molecule has 3 nitrogen and oxygen atoms in total. The number of carbonyl (C=O) groups is 1. The minimum atomic E-state index is 0.256. The van der Waals surface area contributed by atoms with Crippen molar-refractivity contribution in [2.75, 3.05) is 31.6 Å². The Balaban J connectivity index is 0.000000156. The van der Waals surface area contributed by atoms with Crippen molar-refractivity contribution in [3.8, 4) is 0 Å². The van der Waals surface area contributed by atoms with Crippen molar-refractivity contribution >= 4 is 11.6 Å². The van der Waals surface area contributed by atoms with E-state index in [0.717, 1.165) is 18.5 Å². The number of carbonyl (C=O) groups excluding carboxylic acids is 1. The number of likely N-dealkylation sites (tertiary alicyclic amines) is 1. The van der Waals surface area contributed by atoms with Gasteiger partial charge in [-0.3, -0.25) is 4.79 Å². The van der Waals surface area contributed by atoms with Crippen LogP contribution in [-0.2, 0) is 11.2 Å². The number of benzene rings is 2. The molecule has 3 heteroatoms. The average molecular weight is 365 g/mol. The third kappa shape index (κ3) is 6.51. The number of nitrogens with zero attached hydrogens (tertiary/aromatic N) is 2. The molecule has 1 aliphatic carbocycles. The predicted octanol–water partition coefficient (Wildman–Crippen LogP) is 4.77. The molecule has 0 atom stereocenters. The SMILES string of the molecule is CN(C(=O)C1CC1)c1ccccc1.c1ccc(CCN2CCCCC2)cc1. The third-order valence-electron chi connectivity index (χ3n) is 5.41. The highest BCUT2D eigenvalue weighted by Crippen LogP contribution is 2.31. The monoisotopic (exact) mass is 364 g/mol. The summed E-state index contributed by atoms with van der Waals surface area (Å²) >= 11 is 0. The lowest BCUT2D eigenvalue weighted by Crippen LogP contribution is -2.31. The molecule has 0 radical (unpaired) electrons. The summed E-state index contributed by atoms with van der Waals surface area (Å²) in [6.45, 7) is 3.86. The fourth-order valence-electron chi connectivity index (χ4n) is 3.50. The molecule has 0 spiro atoms. The van der Waals surface area contributed by atoms with Crippen molar-refractivity contribution in [2.24, 2.45) is 5.92 Å². The lowest BCUT2D eigenvalue weighted by molar-refractivity contribution is -0.119. The van der Waals surface area contributed by atoms with Gasteiger partial charge in [0, 0.05) is 25.2 Å². The molecular weight excluding hydrogens is 332 g/mol. The van der Waals surface area contributed by atoms with E-state index in [9.17, 15) is 4.79 Å². The molecule has 0 unspecified atom stereocenters. The first-order chi connectivity index (χ1) is 13.2. The van der Waals surface area contributed by atoms with Gasteiger partial charge in [-0.05, 0) is 62.9 Å². The summed E-state index contributed by atoms with van der Waals surface area (Å²) in [5.41, 5.74) is 2.46. The second kappa shape index (κ2) is 10.3. The van der Waals surface area contributed by atoms with Crippen LogP contribution < -0.4 is 4.90 Å². The number of hydrogen-bond donors (Lipinski definition) is 0. The smallest absolute Gasteiger partial charge is 0.229 e. The largest absolute Gasteiger partial charge is 0.315 e. The maximum absolute atomic E-state index is 11.6. The Bertz CT molecular complexity index is 676. The van der Waals surface area contributed by atoms with E-state index in [1.807, 2.05) is 37.4 Å². The van der Waals surface area contributed by atoms with Gasteiger partial charge < -0.3 is 9.80 Å². The van der Waals surface area contributed by atoms with Gasteiger partial charge in [0.1, 0.15) is 0 Å². The van der Waals surface area contributed by atoms with E-state index in [4.69, 9.17) is 0 Å². The topological polar surface area (TPSA) is 23.6 Å². The fraction of sp³-hybridized carbons (Fsp3) is 0.458. The van der Waals surface area contributed by atoms with E-state index >= 15 is 0 Å². The van der Waals surface area contributed by atoms with Crippen molar-refractivity contribution in [1.29, 1.82) is 0 Å².